The molecule has 0 aliphatic rings. The van der Waals surface area contributed by atoms with Crippen LogP contribution in [0.4, 0.5) is 0 Å². The standard InChI is InChI=1S/2C12H10OTe.2ClH/c2*13-10-6-8-12(9-7-10)14-11-4-2-1-3-5-11;;/h2*1-9,13H;2*1H. The van der Waals surface area contributed by atoms with Crippen molar-refractivity contribution in [3.8, 4) is 11.5 Å². The first-order chi connectivity index (χ1) is 13.7. The van der Waals surface area contributed by atoms with Gasteiger partial charge in [-0.2, -0.15) is 0 Å². The Morgan fingerprint density at radius 1 is 0.367 bits per heavy atom. The van der Waals surface area contributed by atoms with Crippen molar-refractivity contribution in [2.24, 2.45) is 0 Å². The maximum atomic E-state index is 9.14. The molecule has 0 heterocycles. The maximum absolute atomic E-state index is 9.14. The Labute approximate surface area is 210 Å². The van der Waals surface area contributed by atoms with Crippen LogP contribution in [0.1, 0.15) is 0 Å². The molecule has 0 aliphatic carbocycles. The van der Waals surface area contributed by atoms with E-state index in [0.29, 0.717) is 11.5 Å². The number of rotatable bonds is 4. The van der Waals surface area contributed by atoms with Gasteiger partial charge in [-0.15, -0.1) is 24.8 Å². The minimum atomic E-state index is -0.279. The number of phenols is 2. The first kappa shape index (κ1) is 26.7. The van der Waals surface area contributed by atoms with Gasteiger partial charge in [0.25, 0.3) is 0 Å². The summed E-state index contributed by atoms with van der Waals surface area (Å²) >= 11 is -0.559. The normalized spacial score (nSPS) is 9.33. The van der Waals surface area contributed by atoms with Gasteiger partial charge in [0.1, 0.15) is 0 Å². The van der Waals surface area contributed by atoms with Crippen LogP contribution in [-0.4, -0.2) is 52.1 Å². The minimum absolute atomic E-state index is 0. The molecular formula is C24H22Cl2O2Te2. The topological polar surface area (TPSA) is 40.5 Å². The van der Waals surface area contributed by atoms with Gasteiger partial charge in [0.2, 0.25) is 0 Å². The third-order valence-corrected chi connectivity index (χ3v) is 9.43. The summed E-state index contributed by atoms with van der Waals surface area (Å²) in [5, 5.41) is 18.3. The molecule has 4 aromatic carbocycles. The SMILES string of the molecule is Cl.Cl.Oc1ccc([Te]c2ccccc2)cc1.Oc1ccc([Te]c2ccccc2)cc1. The molecule has 0 fully saturated rings. The average molecular weight is 669 g/mol. The van der Waals surface area contributed by atoms with E-state index in [2.05, 4.69) is 48.5 Å². The number of benzene rings is 4. The van der Waals surface area contributed by atoms with Crippen molar-refractivity contribution in [2.45, 2.75) is 0 Å². The Kier molecular flexibility index (Phi) is 13.0. The predicted octanol–water partition coefficient (Wildman–Crippen LogP) is 2.94. The Hall–Kier alpha value is -1.36. The zero-order valence-electron chi connectivity index (χ0n) is 15.9. The molecule has 0 bridgehead atoms. The summed E-state index contributed by atoms with van der Waals surface area (Å²) in [5.74, 6) is 0.684. The molecule has 0 atom stereocenters. The van der Waals surface area contributed by atoms with Crippen molar-refractivity contribution in [2.75, 3.05) is 0 Å². The third kappa shape index (κ3) is 9.63. The number of phenolic OH excluding ortho intramolecular Hbond substituents is 2. The molecule has 6 heteroatoms. The van der Waals surface area contributed by atoms with Gasteiger partial charge in [0.05, 0.1) is 0 Å². The number of hydrogen-bond donors (Lipinski definition) is 2. The molecule has 0 saturated carbocycles. The van der Waals surface area contributed by atoms with E-state index in [1.165, 1.54) is 14.4 Å². The Bertz CT molecular complexity index is 882. The van der Waals surface area contributed by atoms with Gasteiger partial charge in [-0.05, 0) is 0 Å². The van der Waals surface area contributed by atoms with E-state index in [4.69, 9.17) is 10.2 Å². The van der Waals surface area contributed by atoms with Crippen molar-refractivity contribution in [1.82, 2.24) is 0 Å². The first-order valence-corrected chi connectivity index (χ1v) is 13.4. The van der Waals surface area contributed by atoms with Crippen LogP contribution >= 0.6 is 24.8 Å². The third-order valence-electron chi connectivity index (χ3n) is 3.63. The molecule has 2 nitrogen and oxygen atoms in total. The summed E-state index contributed by atoms with van der Waals surface area (Å²) in [6.45, 7) is 0. The predicted molar refractivity (Wildman–Crippen MR) is 134 cm³/mol. The molecule has 0 radical (unpaired) electrons. The second-order valence-electron chi connectivity index (χ2n) is 5.82. The number of aromatic hydroxyl groups is 2. The monoisotopic (exact) mass is 672 g/mol. The zero-order chi connectivity index (χ0) is 19.6. The van der Waals surface area contributed by atoms with Crippen LogP contribution in [0.25, 0.3) is 0 Å². The van der Waals surface area contributed by atoms with Gasteiger partial charge in [-0.3, -0.25) is 0 Å². The summed E-state index contributed by atoms with van der Waals surface area (Å²) in [5.41, 5.74) is 0. The average Bonchev–Trinajstić information content (AvgIpc) is 2.74. The second-order valence-corrected chi connectivity index (χ2v) is 12.4. The molecule has 0 spiro atoms. The molecule has 0 aliphatic heterocycles. The molecule has 30 heavy (non-hydrogen) atoms. The van der Waals surface area contributed by atoms with Gasteiger partial charge < -0.3 is 0 Å². The van der Waals surface area contributed by atoms with E-state index in [1.54, 1.807) is 24.3 Å². The van der Waals surface area contributed by atoms with Crippen LogP contribution in [0.3, 0.4) is 0 Å². The molecular weight excluding hydrogens is 646 g/mol. The van der Waals surface area contributed by atoms with Crippen molar-refractivity contribution < 1.29 is 10.2 Å². The van der Waals surface area contributed by atoms with Crippen molar-refractivity contribution in [1.29, 1.82) is 0 Å². The van der Waals surface area contributed by atoms with E-state index < -0.39 is 0 Å². The Morgan fingerprint density at radius 3 is 0.933 bits per heavy atom. The molecule has 4 rings (SSSR count). The van der Waals surface area contributed by atoms with Gasteiger partial charge in [0.15, 0.2) is 0 Å². The van der Waals surface area contributed by atoms with Gasteiger partial charge >= 0.3 is 187 Å². The second kappa shape index (κ2) is 14.6. The van der Waals surface area contributed by atoms with Crippen LogP contribution in [0.2, 0.25) is 0 Å². The van der Waals surface area contributed by atoms with Crippen LogP contribution in [0, 0.1) is 0 Å². The Morgan fingerprint density at radius 2 is 0.633 bits per heavy atom. The Balaban J connectivity index is 0.000000281. The molecule has 4 aromatic rings. The molecule has 0 aromatic heterocycles. The van der Waals surface area contributed by atoms with Gasteiger partial charge in [0, 0.05) is 0 Å². The summed E-state index contributed by atoms with van der Waals surface area (Å²) in [6, 6.07) is 36.0. The first-order valence-electron chi connectivity index (χ1n) is 8.73. The van der Waals surface area contributed by atoms with Crippen LogP contribution in [0.5, 0.6) is 11.5 Å². The van der Waals surface area contributed by atoms with Gasteiger partial charge in [-0.1, -0.05) is 0 Å². The fourth-order valence-corrected chi connectivity index (χ4v) is 7.06. The fourth-order valence-electron chi connectivity index (χ4n) is 2.28. The fraction of sp³-hybridized carbons (Fsp3) is 0. The van der Waals surface area contributed by atoms with Crippen LogP contribution in [0.15, 0.2) is 109 Å². The summed E-state index contributed by atoms with van der Waals surface area (Å²) < 4.78 is 5.53. The van der Waals surface area contributed by atoms with Crippen LogP contribution < -0.4 is 14.4 Å². The van der Waals surface area contributed by atoms with Crippen LogP contribution in [-0.2, 0) is 0 Å². The van der Waals surface area contributed by atoms with Crippen molar-refractivity contribution in [3.63, 3.8) is 0 Å². The molecule has 0 saturated heterocycles. The van der Waals surface area contributed by atoms with Gasteiger partial charge in [-0.25, -0.2) is 0 Å². The molecule has 0 unspecified atom stereocenters. The van der Waals surface area contributed by atoms with E-state index >= 15 is 0 Å². The summed E-state index contributed by atoms with van der Waals surface area (Å²) in [6.07, 6.45) is 0. The molecule has 2 N–H and O–H groups in total. The van der Waals surface area contributed by atoms with E-state index in [-0.39, 0.29) is 66.7 Å². The van der Waals surface area contributed by atoms with E-state index in [9.17, 15) is 0 Å². The quantitative estimate of drug-likeness (QED) is 0.329. The summed E-state index contributed by atoms with van der Waals surface area (Å²) in [4.78, 5) is 0. The molecule has 156 valence electrons. The summed E-state index contributed by atoms with van der Waals surface area (Å²) in [7, 11) is 0. The zero-order valence-corrected chi connectivity index (χ0v) is 22.2. The molecule has 0 amide bonds. The number of halogens is 2. The van der Waals surface area contributed by atoms with E-state index in [1.807, 2.05) is 36.4 Å². The number of hydrogen-bond acceptors (Lipinski definition) is 2. The van der Waals surface area contributed by atoms with E-state index in [0.717, 1.165) is 0 Å². The van der Waals surface area contributed by atoms with Crippen molar-refractivity contribution in [3.05, 3.63) is 109 Å². The van der Waals surface area contributed by atoms with Crippen molar-refractivity contribution >= 4 is 81.1 Å².